The maximum Gasteiger partial charge on any atom is 0.258 e. The number of ether oxygens (including phenoxy) is 1. The summed E-state index contributed by atoms with van der Waals surface area (Å²) in [6.07, 6.45) is 1.92. The van der Waals surface area contributed by atoms with Gasteiger partial charge in [-0.15, -0.1) is 0 Å². The van der Waals surface area contributed by atoms with Gasteiger partial charge < -0.3 is 10.1 Å². The Labute approximate surface area is 189 Å². The van der Waals surface area contributed by atoms with E-state index in [4.69, 9.17) is 17.0 Å². The average Bonchev–Trinajstić information content (AvgIpc) is 2.72. The molecule has 4 nitrogen and oxygen atoms in total. The fraction of sp³-hybridized carbons (Fsp3) is 0.130. The van der Waals surface area contributed by atoms with Crippen LogP contribution in [0.2, 0.25) is 0 Å². The molecule has 148 valence electrons. The van der Waals surface area contributed by atoms with Gasteiger partial charge >= 0.3 is 0 Å². The first-order valence-electron chi connectivity index (χ1n) is 9.25. The minimum Gasteiger partial charge on any atom is -0.494 e. The lowest BCUT2D eigenvalue weighted by Crippen LogP contribution is -2.34. The lowest BCUT2D eigenvalue weighted by Gasteiger charge is -2.12. The van der Waals surface area contributed by atoms with E-state index in [9.17, 15) is 4.79 Å². The molecule has 29 heavy (non-hydrogen) atoms. The standard InChI is InChI=1S/C23H21IN2O2S/c24-21-14-5-4-13-20(21)22(27)26-23(29)25-18-11-6-12-19(16-18)28-15-7-10-17-8-2-1-3-9-17/h1-6,8-9,11-14,16H,7,10,15H2,(H2,25,26,27,29). The van der Waals surface area contributed by atoms with Gasteiger partial charge in [-0.05, 0) is 77.5 Å². The molecule has 0 aromatic heterocycles. The van der Waals surface area contributed by atoms with Crippen molar-refractivity contribution in [3.05, 3.63) is 93.6 Å². The van der Waals surface area contributed by atoms with Crippen molar-refractivity contribution in [2.75, 3.05) is 11.9 Å². The molecular formula is C23H21IN2O2S. The van der Waals surface area contributed by atoms with Crippen LogP contribution >= 0.6 is 34.8 Å². The normalized spacial score (nSPS) is 10.2. The van der Waals surface area contributed by atoms with Gasteiger partial charge in [0.2, 0.25) is 0 Å². The molecule has 0 aliphatic heterocycles. The van der Waals surface area contributed by atoms with Crippen molar-refractivity contribution < 1.29 is 9.53 Å². The Morgan fingerprint density at radius 3 is 2.52 bits per heavy atom. The quantitative estimate of drug-likeness (QED) is 0.250. The van der Waals surface area contributed by atoms with Crippen LogP contribution in [0.3, 0.4) is 0 Å². The molecule has 3 aromatic carbocycles. The molecule has 0 heterocycles. The number of rotatable bonds is 7. The number of hydrogen-bond donors (Lipinski definition) is 2. The van der Waals surface area contributed by atoms with E-state index in [1.54, 1.807) is 6.07 Å². The first-order valence-corrected chi connectivity index (χ1v) is 10.7. The van der Waals surface area contributed by atoms with E-state index in [2.05, 4.69) is 45.4 Å². The zero-order valence-corrected chi connectivity index (χ0v) is 18.7. The Bertz CT molecular complexity index is 979. The van der Waals surface area contributed by atoms with Crippen molar-refractivity contribution >= 4 is 51.5 Å². The second-order valence-corrected chi connectivity index (χ2v) is 7.92. The van der Waals surface area contributed by atoms with E-state index < -0.39 is 0 Å². The summed E-state index contributed by atoms with van der Waals surface area (Å²) in [5.41, 5.74) is 2.66. The molecule has 3 rings (SSSR count). The van der Waals surface area contributed by atoms with E-state index in [0.29, 0.717) is 12.2 Å². The van der Waals surface area contributed by atoms with Gasteiger partial charge in [-0.3, -0.25) is 10.1 Å². The van der Waals surface area contributed by atoms with Crippen LogP contribution in [-0.4, -0.2) is 17.6 Å². The number of anilines is 1. The zero-order valence-electron chi connectivity index (χ0n) is 15.7. The molecule has 0 spiro atoms. The van der Waals surface area contributed by atoms with E-state index in [0.717, 1.165) is 27.8 Å². The maximum atomic E-state index is 12.4. The van der Waals surface area contributed by atoms with Gasteiger partial charge in [0, 0.05) is 15.3 Å². The third-order valence-electron chi connectivity index (χ3n) is 4.16. The number of aryl methyl sites for hydroxylation is 1. The Kier molecular flexibility index (Phi) is 8.01. The number of carbonyl (C=O) groups is 1. The van der Waals surface area contributed by atoms with Crippen molar-refractivity contribution in [1.82, 2.24) is 5.32 Å². The molecule has 0 radical (unpaired) electrons. The molecule has 2 N–H and O–H groups in total. The van der Waals surface area contributed by atoms with Gasteiger partial charge in [-0.2, -0.15) is 0 Å². The van der Waals surface area contributed by atoms with E-state index in [-0.39, 0.29) is 11.0 Å². The van der Waals surface area contributed by atoms with Crippen LogP contribution in [-0.2, 0) is 6.42 Å². The third-order valence-corrected chi connectivity index (χ3v) is 5.30. The molecule has 6 heteroatoms. The van der Waals surface area contributed by atoms with Gasteiger partial charge in [0.1, 0.15) is 5.75 Å². The molecule has 0 unspecified atom stereocenters. The number of halogens is 1. The Morgan fingerprint density at radius 2 is 1.72 bits per heavy atom. The SMILES string of the molecule is O=C(NC(=S)Nc1cccc(OCCCc2ccccc2)c1)c1ccccc1I. The molecule has 1 amide bonds. The minimum absolute atomic E-state index is 0.235. The molecule has 0 atom stereocenters. The van der Waals surface area contributed by atoms with Gasteiger partial charge in [-0.25, -0.2) is 0 Å². The van der Waals surface area contributed by atoms with Crippen LogP contribution in [0.4, 0.5) is 5.69 Å². The van der Waals surface area contributed by atoms with Gasteiger partial charge in [0.15, 0.2) is 5.11 Å². The third kappa shape index (κ3) is 6.83. The number of amides is 1. The highest BCUT2D eigenvalue weighted by molar-refractivity contribution is 14.1. The fourth-order valence-electron chi connectivity index (χ4n) is 2.75. The van der Waals surface area contributed by atoms with Gasteiger partial charge in [-0.1, -0.05) is 48.5 Å². The smallest absolute Gasteiger partial charge is 0.258 e. The van der Waals surface area contributed by atoms with Crippen molar-refractivity contribution in [3.8, 4) is 5.75 Å². The zero-order chi connectivity index (χ0) is 20.5. The molecule has 0 aliphatic rings. The number of thiocarbonyl (C=S) groups is 1. The van der Waals surface area contributed by atoms with Crippen LogP contribution < -0.4 is 15.4 Å². The van der Waals surface area contributed by atoms with E-state index in [1.807, 2.05) is 60.7 Å². The summed E-state index contributed by atoms with van der Waals surface area (Å²) in [6, 6.07) is 25.3. The lowest BCUT2D eigenvalue weighted by molar-refractivity contribution is 0.0977. The van der Waals surface area contributed by atoms with Crippen LogP contribution in [0.5, 0.6) is 5.75 Å². The van der Waals surface area contributed by atoms with Crippen molar-refractivity contribution in [2.45, 2.75) is 12.8 Å². The average molecular weight is 516 g/mol. The van der Waals surface area contributed by atoms with Crippen LogP contribution in [0.15, 0.2) is 78.9 Å². The summed E-state index contributed by atoms with van der Waals surface area (Å²) in [5, 5.41) is 5.99. The monoisotopic (exact) mass is 516 g/mol. The van der Waals surface area contributed by atoms with Gasteiger partial charge in [0.05, 0.1) is 12.2 Å². The minimum atomic E-state index is -0.235. The molecule has 0 aliphatic carbocycles. The molecule has 3 aromatic rings. The summed E-state index contributed by atoms with van der Waals surface area (Å²) in [7, 11) is 0. The van der Waals surface area contributed by atoms with Crippen molar-refractivity contribution in [2.24, 2.45) is 0 Å². The van der Waals surface area contributed by atoms with E-state index >= 15 is 0 Å². The van der Waals surface area contributed by atoms with Crippen molar-refractivity contribution in [1.29, 1.82) is 0 Å². The highest BCUT2D eigenvalue weighted by Crippen LogP contribution is 2.18. The predicted octanol–water partition coefficient (Wildman–Crippen LogP) is 5.43. The summed E-state index contributed by atoms with van der Waals surface area (Å²) in [4.78, 5) is 12.4. The summed E-state index contributed by atoms with van der Waals surface area (Å²) in [6.45, 7) is 0.631. The number of benzene rings is 3. The second-order valence-electron chi connectivity index (χ2n) is 6.35. The molecule has 0 bridgehead atoms. The first kappa shape index (κ1) is 21.3. The highest BCUT2D eigenvalue weighted by Gasteiger charge is 2.11. The molecule has 0 saturated heterocycles. The Hall–Kier alpha value is -2.45. The Balaban J connectivity index is 1.48. The maximum absolute atomic E-state index is 12.4. The summed E-state index contributed by atoms with van der Waals surface area (Å²) >= 11 is 7.40. The van der Waals surface area contributed by atoms with Crippen LogP contribution in [0, 0.1) is 3.57 Å². The highest BCUT2D eigenvalue weighted by atomic mass is 127. The molecular weight excluding hydrogens is 495 g/mol. The van der Waals surface area contributed by atoms with Crippen LogP contribution in [0.25, 0.3) is 0 Å². The largest absolute Gasteiger partial charge is 0.494 e. The summed E-state index contributed by atoms with van der Waals surface area (Å²) < 4.78 is 6.72. The molecule has 0 saturated carbocycles. The van der Waals surface area contributed by atoms with E-state index in [1.165, 1.54) is 5.56 Å². The van der Waals surface area contributed by atoms with Crippen LogP contribution in [0.1, 0.15) is 22.3 Å². The number of carbonyl (C=O) groups excluding carboxylic acids is 1. The lowest BCUT2D eigenvalue weighted by atomic mass is 10.1. The second kappa shape index (κ2) is 10.9. The number of nitrogens with one attached hydrogen (secondary N) is 2. The fourth-order valence-corrected chi connectivity index (χ4v) is 3.60. The number of hydrogen-bond acceptors (Lipinski definition) is 3. The molecule has 0 fully saturated rings. The first-order chi connectivity index (χ1) is 14.1. The topological polar surface area (TPSA) is 50.4 Å². The Morgan fingerprint density at radius 1 is 0.966 bits per heavy atom. The predicted molar refractivity (Wildman–Crippen MR) is 130 cm³/mol. The summed E-state index contributed by atoms with van der Waals surface area (Å²) in [5.74, 6) is 0.524. The van der Waals surface area contributed by atoms with Gasteiger partial charge in [0.25, 0.3) is 5.91 Å². The van der Waals surface area contributed by atoms with Crippen molar-refractivity contribution in [3.63, 3.8) is 0 Å².